The van der Waals surface area contributed by atoms with Crippen molar-refractivity contribution in [3.63, 3.8) is 0 Å². The number of halogens is 3. The van der Waals surface area contributed by atoms with Crippen LogP contribution in [0.2, 0.25) is 0 Å². The predicted molar refractivity (Wildman–Crippen MR) is 47.9 cm³/mol. The van der Waals surface area contributed by atoms with E-state index >= 15 is 0 Å². The van der Waals surface area contributed by atoms with Crippen molar-refractivity contribution < 1.29 is 18.0 Å². The van der Waals surface area contributed by atoms with Gasteiger partial charge in [0.05, 0.1) is 5.69 Å². The van der Waals surface area contributed by atoms with E-state index < -0.39 is 17.5 Å². The summed E-state index contributed by atoms with van der Waals surface area (Å²) in [5.74, 6) is -3.57. The SMILES string of the molecule is O=C1CCCN1c1cc(F)c(F)cc1F. The topological polar surface area (TPSA) is 20.3 Å². The summed E-state index contributed by atoms with van der Waals surface area (Å²) < 4.78 is 38.7. The zero-order valence-electron chi connectivity index (χ0n) is 7.77. The minimum atomic E-state index is -1.25. The summed E-state index contributed by atoms with van der Waals surface area (Å²) in [7, 11) is 0. The first-order valence-corrected chi connectivity index (χ1v) is 4.54. The van der Waals surface area contributed by atoms with E-state index in [1.54, 1.807) is 0 Å². The lowest BCUT2D eigenvalue weighted by Crippen LogP contribution is -2.25. The number of carbonyl (C=O) groups excluding carboxylic acids is 1. The second-order valence-corrected chi connectivity index (χ2v) is 3.37. The zero-order chi connectivity index (χ0) is 11.0. The van der Waals surface area contributed by atoms with Crippen molar-refractivity contribution in [3.05, 3.63) is 29.6 Å². The molecule has 15 heavy (non-hydrogen) atoms. The molecule has 0 atom stereocenters. The molecule has 0 radical (unpaired) electrons. The molecule has 1 aliphatic rings. The van der Waals surface area contributed by atoms with E-state index in [1.807, 2.05) is 0 Å². The fourth-order valence-corrected chi connectivity index (χ4v) is 1.62. The van der Waals surface area contributed by atoms with Crippen LogP contribution in [0.25, 0.3) is 0 Å². The van der Waals surface area contributed by atoms with Gasteiger partial charge in [-0.3, -0.25) is 4.79 Å². The number of carbonyl (C=O) groups is 1. The first-order chi connectivity index (χ1) is 7.09. The number of nitrogens with zero attached hydrogens (tertiary/aromatic N) is 1. The first-order valence-electron chi connectivity index (χ1n) is 4.54. The van der Waals surface area contributed by atoms with Crippen molar-refractivity contribution in [3.8, 4) is 0 Å². The Morgan fingerprint density at radius 2 is 1.73 bits per heavy atom. The van der Waals surface area contributed by atoms with Gasteiger partial charge in [-0.25, -0.2) is 13.2 Å². The quantitative estimate of drug-likeness (QED) is 0.658. The molecule has 1 fully saturated rings. The third-order valence-corrected chi connectivity index (χ3v) is 2.35. The number of amides is 1. The molecule has 0 spiro atoms. The van der Waals surface area contributed by atoms with Crippen LogP contribution in [0.3, 0.4) is 0 Å². The maximum Gasteiger partial charge on any atom is 0.227 e. The Labute approximate surface area is 84.3 Å². The van der Waals surface area contributed by atoms with Gasteiger partial charge in [-0.05, 0) is 6.42 Å². The van der Waals surface area contributed by atoms with Crippen molar-refractivity contribution >= 4 is 11.6 Å². The van der Waals surface area contributed by atoms with Crippen LogP contribution < -0.4 is 4.90 Å². The second kappa shape index (κ2) is 3.56. The van der Waals surface area contributed by atoms with Gasteiger partial charge in [-0.2, -0.15) is 0 Å². The van der Waals surface area contributed by atoms with E-state index in [9.17, 15) is 18.0 Å². The van der Waals surface area contributed by atoms with E-state index in [4.69, 9.17) is 0 Å². The van der Waals surface area contributed by atoms with Crippen LogP contribution in [0, 0.1) is 17.5 Å². The Morgan fingerprint density at radius 1 is 1.07 bits per heavy atom. The van der Waals surface area contributed by atoms with Gasteiger partial charge in [-0.1, -0.05) is 0 Å². The second-order valence-electron chi connectivity index (χ2n) is 3.37. The van der Waals surface area contributed by atoms with E-state index in [2.05, 4.69) is 0 Å². The third-order valence-electron chi connectivity index (χ3n) is 2.35. The van der Waals surface area contributed by atoms with Crippen LogP contribution in [-0.4, -0.2) is 12.5 Å². The molecule has 1 saturated heterocycles. The molecule has 0 bridgehead atoms. The van der Waals surface area contributed by atoms with Gasteiger partial charge < -0.3 is 4.90 Å². The van der Waals surface area contributed by atoms with Crippen LogP contribution in [0.15, 0.2) is 12.1 Å². The maximum absolute atomic E-state index is 13.3. The lowest BCUT2D eigenvalue weighted by molar-refractivity contribution is -0.117. The molecule has 1 aromatic rings. The molecule has 0 aliphatic carbocycles. The summed E-state index contributed by atoms with van der Waals surface area (Å²) in [5, 5.41) is 0. The van der Waals surface area contributed by atoms with Gasteiger partial charge in [0, 0.05) is 25.1 Å². The van der Waals surface area contributed by atoms with Crippen molar-refractivity contribution in [2.24, 2.45) is 0 Å². The predicted octanol–water partition coefficient (Wildman–Crippen LogP) is 2.23. The lowest BCUT2D eigenvalue weighted by atomic mass is 10.2. The van der Waals surface area contributed by atoms with Crippen molar-refractivity contribution in [1.82, 2.24) is 0 Å². The fourth-order valence-electron chi connectivity index (χ4n) is 1.62. The maximum atomic E-state index is 13.3. The lowest BCUT2D eigenvalue weighted by Gasteiger charge is -2.16. The summed E-state index contributed by atoms with van der Waals surface area (Å²) in [6, 6.07) is 1.17. The summed E-state index contributed by atoms with van der Waals surface area (Å²) in [5.41, 5.74) is -0.184. The standard InChI is InChI=1S/C10H8F3NO/c11-6-4-8(13)9(5-7(6)12)14-3-1-2-10(14)15/h4-5H,1-3H2. The molecule has 2 nitrogen and oxygen atoms in total. The minimum Gasteiger partial charge on any atom is -0.310 e. The van der Waals surface area contributed by atoms with Gasteiger partial charge in [-0.15, -0.1) is 0 Å². The normalized spacial score (nSPS) is 16.2. The monoisotopic (exact) mass is 215 g/mol. The van der Waals surface area contributed by atoms with Crippen LogP contribution in [0.5, 0.6) is 0 Å². The molecule has 1 amide bonds. The van der Waals surface area contributed by atoms with Crippen LogP contribution in [0.1, 0.15) is 12.8 Å². The molecular weight excluding hydrogens is 207 g/mol. The third kappa shape index (κ3) is 1.69. The number of anilines is 1. The molecule has 80 valence electrons. The molecule has 0 aromatic heterocycles. The molecule has 1 aromatic carbocycles. The van der Waals surface area contributed by atoms with Gasteiger partial charge in [0.2, 0.25) is 5.91 Å². The van der Waals surface area contributed by atoms with Gasteiger partial charge >= 0.3 is 0 Å². The Bertz CT molecular complexity index is 419. The molecule has 0 unspecified atom stereocenters. The summed E-state index contributed by atoms with van der Waals surface area (Å²) in [6.45, 7) is 0.348. The molecule has 5 heteroatoms. The van der Waals surface area contributed by atoms with Gasteiger partial charge in [0.1, 0.15) is 5.82 Å². The van der Waals surface area contributed by atoms with E-state index in [0.29, 0.717) is 31.5 Å². The summed E-state index contributed by atoms with van der Waals surface area (Å²) in [4.78, 5) is 12.4. The van der Waals surface area contributed by atoms with E-state index in [0.717, 1.165) is 4.90 Å². The average molecular weight is 215 g/mol. The van der Waals surface area contributed by atoms with Crippen molar-refractivity contribution in [2.45, 2.75) is 12.8 Å². The zero-order valence-corrected chi connectivity index (χ0v) is 7.77. The molecule has 1 heterocycles. The smallest absolute Gasteiger partial charge is 0.227 e. The van der Waals surface area contributed by atoms with Gasteiger partial charge in [0.25, 0.3) is 0 Å². The van der Waals surface area contributed by atoms with E-state index in [-0.39, 0.29) is 11.6 Å². The Kier molecular flexibility index (Phi) is 2.38. The van der Waals surface area contributed by atoms with Crippen LogP contribution in [0.4, 0.5) is 18.9 Å². The highest BCUT2D eigenvalue weighted by atomic mass is 19.2. The summed E-state index contributed by atoms with van der Waals surface area (Å²) >= 11 is 0. The number of benzene rings is 1. The Balaban J connectivity index is 2.43. The number of hydrogen-bond donors (Lipinski definition) is 0. The Hall–Kier alpha value is -1.52. The molecule has 0 saturated carbocycles. The highest BCUT2D eigenvalue weighted by molar-refractivity contribution is 5.95. The fraction of sp³-hybridized carbons (Fsp3) is 0.300. The number of rotatable bonds is 1. The van der Waals surface area contributed by atoms with Crippen molar-refractivity contribution in [2.75, 3.05) is 11.4 Å². The molecule has 1 aliphatic heterocycles. The minimum absolute atomic E-state index is 0.184. The summed E-state index contributed by atoms with van der Waals surface area (Å²) in [6.07, 6.45) is 0.926. The molecule has 2 rings (SSSR count). The average Bonchev–Trinajstić information content (AvgIpc) is 2.58. The highest BCUT2D eigenvalue weighted by Crippen LogP contribution is 2.26. The van der Waals surface area contributed by atoms with E-state index in [1.165, 1.54) is 0 Å². The van der Waals surface area contributed by atoms with Crippen LogP contribution in [-0.2, 0) is 4.79 Å². The largest absolute Gasteiger partial charge is 0.310 e. The first kappa shape index (κ1) is 10.0. The molecule has 0 N–H and O–H groups in total. The van der Waals surface area contributed by atoms with Gasteiger partial charge in [0.15, 0.2) is 11.6 Å². The van der Waals surface area contributed by atoms with Crippen molar-refractivity contribution in [1.29, 1.82) is 0 Å². The van der Waals surface area contributed by atoms with Crippen LogP contribution >= 0.6 is 0 Å². The Morgan fingerprint density at radius 3 is 2.33 bits per heavy atom. The molecular formula is C10H8F3NO. The number of hydrogen-bond acceptors (Lipinski definition) is 1. The highest BCUT2D eigenvalue weighted by Gasteiger charge is 2.25.